The lowest BCUT2D eigenvalue weighted by Gasteiger charge is -2.02. The summed E-state index contributed by atoms with van der Waals surface area (Å²) in [5.41, 5.74) is 5.44. The number of carbonyl (C=O) groups is 1. The lowest BCUT2D eigenvalue weighted by molar-refractivity contribution is 0.0997. The van der Waals surface area contributed by atoms with E-state index in [1.165, 1.54) is 7.11 Å². The van der Waals surface area contributed by atoms with Crippen molar-refractivity contribution in [1.82, 2.24) is 0 Å². The van der Waals surface area contributed by atoms with Crippen LogP contribution in [0.3, 0.4) is 0 Å². The summed E-state index contributed by atoms with van der Waals surface area (Å²) >= 11 is 0. The summed E-state index contributed by atoms with van der Waals surface area (Å²) < 4.78 is 4.87. The molecule has 1 aromatic rings. The van der Waals surface area contributed by atoms with Crippen molar-refractivity contribution in [2.45, 2.75) is 0 Å². The van der Waals surface area contributed by atoms with E-state index in [1.807, 2.05) is 0 Å². The molecule has 11 heavy (non-hydrogen) atoms. The fourth-order valence-electron chi connectivity index (χ4n) is 0.788. The van der Waals surface area contributed by atoms with E-state index < -0.39 is 5.91 Å². The first-order chi connectivity index (χ1) is 5.25. The van der Waals surface area contributed by atoms with Crippen LogP contribution < -0.4 is 10.5 Å². The van der Waals surface area contributed by atoms with E-state index in [1.54, 1.807) is 18.2 Å². The van der Waals surface area contributed by atoms with Crippen LogP contribution in [0.25, 0.3) is 0 Å². The van der Waals surface area contributed by atoms with E-state index >= 15 is 0 Å². The van der Waals surface area contributed by atoms with Crippen LogP contribution in [-0.4, -0.2) is 13.0 Å². The number of methoxy groups -OCH3 is 1. The highest BCUT2D eigenvalue weighted by atomic mass is 16.5. The molecule has 0 atom stereocenters. The molecule has 0 saturated carbocycles. The second-order valence-corrected chi connectivity index (χ2v) is 1.99. The largest absolute Gasteiger partial charge is 0.496 e. The minimum absolute atomic E-state index is 0.381. The Morgan fingerprint density at radius 1 is 1.73 bits per heavy atom. The summed E-state index contributed by atoms with van der Waals surface area (Å²) in [5, 5.41) is 0. The van der Waals surface area contributed by atoms with Crippen molar-refractivity contribution in [3.8, 4) is 5.75 Å². The van der Waals surface area contributed by atoms with Gasteiger partial charge in [0, 0.05) is 0 Å². The maximum absolute atomic E-state index is 10.7. The van der Waals surface area contributed by atoms with Crippen LogP contribution in [0.2, 0.25) is 0 Å². The van der Waals surface area contributed by atoms with Gasteiger partial charge in [-0.3, -0.25) is 4.79 Å². The molecule has 0 heterocycles. The molecule has 3 nitrogen and oxygen atoms in total. The quantitative estimate of drug-likeness (QED) is 0.671. The molecule has 1 aromatic carbocycles. The number of benzene rings is 1. The third-order valence-corrected chi connectivity index (χ3v) is 1.31. The Morgan fingerprint density at radius 2 is 2.45 bits per heavy atom. The van der Waals surface area contributed by atoms with Crippen LogP contribution in [0.15, 0.2) is 18.2 Å². The molecule has 0 unspecified atom stereocenters. The van der Waals surface area contributed by atoms with E-state index in [9.17, 15) is 4.79 Å². The Hall–Kier alpha value is -1.51. The predicted octanol–water partition coefficient (Wildman–Crippen LogP) is 0.594. The minimum Gasteiger partial charge on any atom is -0.496 e. The van der Waals surface area contributed by atoms with E-state index in [0.717, 1.165) is 0 Å². The summed E-state index contributed by atoms with van der Waals surface area (Å²) in [6, 6.07) is 7.53. The van der Waals surface area contributed by atoms with Crippen molar-refractivity contribution < 1.29 is 9.53 Å². The number of hydrogen-bond acceptors (Lipinski definition) is 2. The molecular formula is C8H8NO2. The number of amides is 1. The molecular weight excluding hydrogens is 142 g/mol. The molecule has 1 radical (unpaired) electrons. The Kier molecular flexibility index (Phi) is 2.11. The number of hydrogen-bond donors (Lipinski definition) is 1. The van der Waals surface area contributed by atoms with Gasteiger partial charge in [-0.15, -0.1) is 0 Å². The number of carbonyl (C=O) groups excluding carboxylic acids is 1. The van der Waals surface area contributed by atoms with Gasteiger partial charge in [0.2, 0.25) is 0 Å². The van der Waals surface area contributed by atoms with Crippen molar-refractivity contribution >= 4 is 5.91 Å². The van der Waals surface area contributed by atoms with Gasteiger partial charge in [-0.1, -0.05) is 6.07 Å². The summed E-state index contributed by atoms with van der Waals surface area (Å²) in [6.45, 7) is 0. The van der Waals surface area contributed by atoms with Gasteiger partial charge in [-0.2, -0.15) is 0 Å². The average molecular weight is 150 g/mol. The Bertz CT molecular complexity index is 271. The molecule has 0 spiro atoms. The Morgan fingerprint density at radius 3 is 2.91 bits per heavy atom. The lowest BCUT2D eigenvalue weighted by atomic mass is 10.2. The molecule has 0 saturated heterocycles. The molecule has 0 fully saturated rings. The molecule has 0 aliphatic carbocycles. The molecule has 0 bridgehead atoms. The average Bonchev–Trinajstić information content (AvgIpc) is 2.04. The van der Waals surface area contributed by atoms with Crippen LogP contribution in [0.5, 0.6) is 5.75 Å². The molecule has 57 valence electrons. The second kappa shape index (κ2) is 3.05. The molecule has 0 aromatic heterocycles. The van der Waals surface area contributed by atoms with Crippen LogP contribution >= 0.6 is 0 Å². The third kappa shape index (κ3) is 1.49. The summed E-state index contributed by atoms with van der Waals surface area (Å²) in [7, 11) is 1.48. The third-order valence-electron chi connectivity index (χ3n) is 1.31. The van der Waals surface area contributed by atoms with E-state index in [2.05, 4.69) is 6.07 Å². The first-order valence-electron chi connectivity index (χ1n) is 3.09. The van der Waals surface area contributed by atoms with Crippen LogP contribution in [0.1, 0.15) is 10.4 Å². The highest BCUT2D eigenvalue weighted by Gasteiger charge is 2.05. The maximum Gasteiger partial charge on any atom is 0.252 e. The maximum atomic E-state index is 10.7. The number of ether oxygens (including phenoxy) is 1. The first kappa shape index (κ1) is 7.60. The van der Waals surface area contributed by atoms with Gasteiger partial charge in [-0.05, 0) is 18.2 Å². The highest BCUT2D eigenvalue weighted by Crippen LogP contribution is 2.15. The first-order valence-corrected chi connectivity index (χ1v) is 3.09. The molecule has 1 rings (SSSR count). The summed E-state index contributed by atoms with van der Waals surface area (Å²) in [5.74, 6) is -0.0316. The van der Waals surface area contributed by atoms with Gasteiger partial charge >= 0.3 is 0 Å². The molecule has 0 aliphatic rings. The van der Waals surface area contributed by atoms with Gasteiger partial charge in [0.15, 0.2) is 0 Å². The van der Waals surface area contributed by atoms with Crippen molar-refractivity contribution in [3.05, 3.63) is 29.8 Å². The van der Waals surface area contributed by atoms with Crippen LogP contribution in [-0.2, 0) is 0 Å². The van der Waals surface area contributed by atoms with Crippen LogP contribution in [0.4, 0.5) is 0 Å². The smallest absolute Gasteiger partial charge is 0.252 e. The van der Waals surface area contributed by atoms with Gasteiger partial charge in [-0.25, -0.2) is 0 Å². The standard InChI is InChI=1S/C8H8NO2/c1-11-7-5-3-2-4-6(7)8(9)10/h2,4-5H,1H3,(H2,9,10). The normalized spacial score (nSPS) is 9.18. The zero-order valence-electron chi connectivity index (χ0n) is 6.13. The summed E-state index contributed by atoms with van der Waals surface area (Å²) in [4.78, 5) is 10.7. The van der Waals surface area contributed by atoms with Crippen molar-refractivity contribution in [2.75, 3.05) is 7.11 Å². The van der Waals surface area contributed by atoms with E-state index in [4.69, 9.17) is 10.5 Å². The zero-order valence-corrected chi connectivity index (χ0v) is 6.13. The highest BCUT2D eigenvalue weighted by molar-refractivity contribution is 5.95. The molecule has 1 amide bonds. The van der Waals surface area contributed by atoms with E-state index in [-0.39, 0.29) is 0 Å². The van der Waals surface area contributed by atoms with Crippen molar-refractivity contribution in [1.29, 1.82) is 0 Å². The molecule has 0 aliphatic heterocycles. The second-order valence-electron chi connectivity index (χ2n) is 1.99. The monoisotopic (exact) mass is 150 g/mol. The van der Waals surface area contributed by atoms with Gasteiger partial charge in [0.1, 0.15) is 5.75 Å². The number of rotatable bonds is 2. The van der Waals surface area contributed by atoms with Gasteiger partial charge < -0.3 is 10.5 Å². The SMILES string of the molecule is COc1c[c]ccc1C(N)=O. The van der Waals surface area contributed by atoms with E-state index in [0.29, 0.717) is 11.3 Å². The van der Waals surface area contributed by atoms with Gasteiger partial charge in [0.05, 0.1) is 12.7 Å². The topological polar surface area (TPSA) is 52.3 Å². The van der Waals surface area contributed by atoms with Crippen LogP contribution in [0, 0.1) is 6.07 Å². The fraction of sp³-hybridized carbons (Fsp3) is 0.125. The zero-order chi connectivity index (χ0) is 8.27. The summed E-state index contributed by atoms with van der Waals surface area (Å²) in [6.07, 6.45) is 0. The molecule has 2 N–H and O–H groups in total. The molecule has 3 heteroatoms. The van der Waals surface area contributed by atoms with Crippen molar-refractivity contribution in [2.24, 2.45) is 5.73 Å². The Balaban J connectivity index is 3.12. The number of primary amides is 1. The van der Waals surface area contributed by atoms with Crippen molar-refractivity contribution in [3.63, 3.8) is 0 Å². The lowest BCUT2D eigenvalue weighted by Crippen LogP contribution is -2.12. The predicted molar refractivity (Wildman–Crippen MR) is 40.3 cm³/mol. The fourth-order valence-corrected chi connectivity index (χ4v) is 0.788. The van der Waals surface area contributed by atoms with Gasteiger partial charge in [0.25, 0.3) is 5.91 Å². The minimum atomic E-state index is -0.490. The Labute approximate surface area is 64.8 Å². The number of nitrogens with two attached hydrogens (primary N) is 1.